The van der Waals surface area contributed by atoms with Crippen LogP contribution in [0, 0.1) is 12.7 Å². The van der Waals surface area contributed by atoms with Gasteiger partial charge in [0.2, 0.25) is 5.91 Å². The normalized spacial score (nSPS) is 10.5. The fourth-order valence-corrected chi connectivity index (χ4v) is 2.32. The lowest BCUT2D eigenvalue weighted by atomic mass is 10.2. The standard InChI is InChI=1S/C16H17ClFN3O3/c1-10-7-12(20-24-10)9-21(2)15(22)5-6-19-16(23)13-4-3-11(18)8-14(13)17/h3-4,7-8H,5-6,9H2,1-2H3,(H,19,23). The molecule has 24 heavy (non-hydrogen) atoms. The number of carbonyl (C=O) groups is 2. The fraction of sp³-hybridized carbons (Fsp3) is 0.312. The Morgan fingerprint density at radius 3 is 2.75 bits per heavy atom. The minimum Gasteiger partial charge on any atom is -0.361 e. The molecule has 1 heterocycles. The molecule has 1 N–H and O–H groups in total. The topological polar surface area (TPSA) is 75.4 Å². The van der Waals surface area contributed by atoms with E-state index in [4.69, 9.17) is 16.1 Å². The summed E-state index contributed by atoms with van der Waals surface area (Å²) in [7, 11) is 1.64. The van der Waals surface area contributed by atoms with Crippen LogP contribution >= 0.6 is 11.6 Å². The lowest BCUT2D eigenvalue weighted by Gasteiger charge is -2.15. The maximum absolute atomic E-state index is 13.0. The number of nitrogens with zero attached hydrogens (tertiary/aromatic N) is 2. The predicted molar refractivity (Wildman–Crippen MR) is 86.1 cm³/mol. The van der Waals surface area contributed by atoms with Crippen LogP contribution in [0.15, 0.2) is 28.8 Å². The first-order valence-electron chi connectivity index (χ1n) is 7.26. The van der Waals surface area contributed by atoms with E-state index in [0.717, 1.165) is 12.1 Å². The van der Waals surface area contributed by atoms with Crippen molar-refractivity contribution in [3.05, 3.63) is 52.1 Å². The third kappa shape index (κ3) is 4.79. The van der Waals surface area contributed by atoms with Crippen LogP contribution in [0.5, 0.6) is 0 Å². The number of aromatic nitrogens is 1. The van der Waals surface area contributed by atoms with Gasteiger partial charge >= 0.3 is 0 Å². The fourth-order valence-electron chi connectivity index (χ4n) is 2.07. The van der Waals surface area contributed by atoms with Crippen molar-refractivity contribution in [1.82, 2.24) is 15.4 Å². The van der Waals surface area contributed by atoms with Gasteiger partial charge in [0.1, 0.15) is 17.3 Å². The average Bonchev–Trinajstić information content (AvgIpc) is 2.91. The molecule has 0 unspecified atom stereocenters. The summed E-state index contributed by atoms with van der Waals surface area (Å²) in [5.74, 6) is -0.450. The largest absolute Gasteiger partial charge is 0.361 e. The molecule has 1 aromatic heterocycles. The highest BCUT2D eigenvalue weighted by molar-refractivity contribution is 6.33. The van der Waals surface area contributed by atoms with Crippen molar-refractivity contribution in [3.8, 4) is 0 Å². The third-order valence-electron chi connectivity index (χ3n) is 3.30. The van der Waals surface area contributed by atoms with Gasteiger partial charge in [-0.2, -0.15) is 0 Å². The molecular weight excluding hydrogens is 337 g/mol. The molecule has 0 atom stereocenters. The Morgan fingerprint density at radius 1 is 1.38 bits per heavy atom. The van der Waals surface area contributed by atoms with Gasteiger partial charge in [-0.05, 0) is 25.1 Å². The molecule has 1 aromatic carbocycles. The van der Waals surface area contributed by atoms with Gasteiger partial charge in [-0.3, -0.25) is 9.59 Å². The summed E-state index contributed by atoms with van der Waals surface area (Å²) >= 11 is 5.82. The van der Waals surface area contributed by atoms with E-state index < -0.39 is 11.7 Å². The van der Waals surface area contributed by atoms with Gasteiger partial charge < -0.3 is 14.7 Å². The molecule has 2 aromatic rings. The highest BCUT2D eigenvalue weighted by atomic mass is 35.5. The zero-order valence-electron chi connectivity index (χ0n) is 13.3. The smallest absolute Gasteiger partial charge is 0.252 e. The van der Waals surface area contributed by atoms with Crippen molar-refractivity contribution >= 4 is 23.4 Å². The Kier molecular flexibility index (Phi) is 5.92. The number of carbonyl (C=O) groups excluding carboxylic acids is 2. The number of amides is 2. The van der Waals surface area contributed by atoms with E-state index in [1.807, 2.05) is 0 Å². The Bertz CT molecular complexity index is 748. The molecular formula is C16H17ClFN3O3. The minimum absolute atomic E-state index is 0.0253. The molecule has 0 saturated heterocycles. The number of nitrogens with one attached hydrogen (secondary N) is 1. The minimum atomic E-state index is -0.517. The molecule has 0 aliphatic heterocycles. The second-order valence-electron chi connectivity index (χ2n) is 5.31. The quantitative estimate of drug-likeness (QED) is 0.866. The van der Waals surface area contributed by atoms with E-state index in [1.165, 1.54) is 11.0 Å². The van der Waals surface area contributed by atoms with Gasteiger partial charge in [-0.15, -0.1) is 0 Å². The highest BCUT2D eigenvalue weighted by Crippen LogP contribution is 2.17. The molecule has 0 aliphatic rings. The van der Waals surface area contributed by atoms with Crippen LogP contribution < -0.4 is 5.32 Å². The molecule has 0 aliphatic carbocycles. The van der Waals surface area contributed by atoms with Gasteiger partial charge in [-0.25, -0.2) is 4.39 Å². The summed E-state index contributed by atoms with van der Waals surface area (Å²) in [5, 5.41) is 6.43. The molecule has 6 nitrogen and oxygen atoms in total. The van der Waals surface area contributed by atoms with Crippen molar-refractivity contribution < 1.29 is 18.5 Å². The second kappa shape index (κ2) is 7.92. The van der Waals surface area contributed by atoms with Crippen molar-refractivity contribution in [2.45, 2.75) is 19.9 Å². The molecule has 0 radical (unpaired) electrons. The summed E-state index contributed by atoms with van der Waals surface area (Å²) < 4.78 is 17.9. The van der Waals surface area contributed by atoms with Gasteiger partial charge in [0, 0.05) is 26.1 Å². The summed E-state index contributed by atoms with van der Waals surface area (Å²) in [6.45, 7) is 2.25. The van der Waals surface area contributed by atoms with E-state index in [-0.39, 0.29) is 29.5 Å². The highest BCUT2D eigenvalue weighted by Gasteiger charge is 2.14. The van der Waals surface area contributed by atoms with Crippen molar-refractivity contribution in [1.29, 1.82) is 0 Å². The van der Waals surface area contributed by atoms with Crippen LogP contribution in [0.2, 0.25) is 5.02 Å². The monoisotopic (exact) mass is 353 g/mol. The number of benzene rings is 1. The molecule has 128 valence electrons. The van der Waals surface area contributed by atoms with E-state index in [2.05, 4.69) is 10.5 Å². The average molecular weight is 354 g/mol. The number of rotatable bonds is 6. The Morgan fingerprint density at radius 2 is 2.12 bits per heavy atom. The van der Waals surface area contributed by atoms with Gasteiger partial charge in [0.25, 0.3) is 5.91 Å². The Hall–Kier alpha value is -2.41. The van der Waals surface area contributed by atoms with Crippen molar-refractivity contribution in [2.75, 3.05) is 13.6 Å². The number of hydrogen-bond donors (Lipinski definition) is 1. The first kappa shape index (κ1) is 17.9. The second-order valence-corrected chi connectivity index (χ2v) is 5.72. The van der Waals surface area contributed by atoms with Crippen LogP contribution in [-0.4, -0.2) is 35.5 Å². The first-order valence-corrected chi connectivity index (χ1v) is 7.64. The van der Waals surface area contributed by atoms with E-state index in [1.54, 1.807) is 20.0 Å². The Balaban J connectivity index is 1.80. The SMILES string of the molecule is Cc1cc(CN(C)C(=O)CCNC(=O)c2ccc(F)cc2Cl)no1. The van der Waals surface area contributed by atoms with E-state index in [9.17, 15) is 14.0 Å². The molecule has 0 saturated carbocycles. The maximum atomic E-state index is 13.0. The zero-order chi connectivity index (χ0) is 17.7. The summed E-state index contributed by atoms with van der Waals surface area (Å²) in [4.78, 5) is 25.5. The number of aryl methyl sites for hydroxylation is 1. The molecule has 0 bridgehead atoms. The molecule has 0 fully saturated rings. The molecule has 0 spiro atoms. The maximum Gasteiger partial charge on any atom is 0.252 e. The Labute approximate surface area is 143 Å². The number of hydrogen-bond acceptors (Lipinski definition) is 4. The van der Waals surface area contributed by atoms with Gasteiger partial charge in [0.15, 0.2) is 0 Å². The van der Waals surface area contributed by atoms with Crippen LogP contribution in [0.3, 0.4) is 0 Å². The predicted octanol–water partition coefficient (Wildman–Crippen LogP) is 2.55. The van der Waals surface area contributed by atoms with Gasteiger partial charge in [0.05, 0.1) is 17.1 Å². The molecule has 8 heteroatoms. The van der Waals surface area contributed by atoms with Crippen LogP contribution in [0.4, 0.5) is 4.39 Å². The van der Waals surface area contributed by atoms with Crippen LogP contribution in [-0.2, 0) is 11.3 Å². The molecule has 2 amide bonds. The third-order valence-corrected chi connectivity index (χ3v) is 3.61. The first-order chi connectivity index (χ1) is 11.4. The molecule has 2 rings (SSSR count). The van der Waals surface area contributed by atoms with E-state index >= 15 is 0 Å². The van der Waals surface area contributed by atoms with Crippen molar-refractivity contribution in [3.63, 3.8) is 0 Å². The zero-order valence-corrected chi connectivity index (χ0v) is 14.1. The number of halogens is 2. The van der Waals surface area contributed by atoms with E-state index in [0.29, 0.717) is 18.0 Å². The summed E-state index contributed by atoms with van der Waals surface area (Å²) in [5.41, 5.74) is 0.822. The summed E-state index contributed by atoms with van der Waals surface area (Å²) in [6, 6.07) is 5.27. The van der Waals surface area contributed by atoms with Crippen LogP contribution in [0.1, 0.15) is 28.2 Å². The lowest BCUT2D eigenvalue weighted by Crippen LogP contribution is -2.32. The van der Waals surface area contributed by atoms with Crippen molar-refractivity contribution in [2.24, 2.45) is 0 Å². The van der Waals surface area contributed by atoms with Gasteiger partial charge in [-0.1, -0.05) is 16.8 Å². The summed E-state index contributed by atoms with van der Waals surface area (Å²) in [6.07, 6.45) is 0.123. The van der Waals surface area contributed by atoms with Crippen LogP contribution in [0.25, 0.3) is 0 Å². The lowest BCUT2D eigenvalue weighted by molar-refractivity contribution is -0.130.